The predicted octanol–water partition coefficient (Wildman–Crippen LogP) is 1.29. The highest BCUT2D eigenvalue weighted by Gasteiger charge is 2.13. The molecule has 1 aromatic rings. The van der Waals surface area contributed by atoms with Gasteiger partial charge in [-0.1, -0.05) is 11.2 Å². The summed E-state index contributed by atoms with van der Waals surface area (Å²) in [5.74, 6) is -0.348. The lowest BCUT2D eigenvalue weighted by molar-refractivity contribution is -0.115. The van der Waals surface area contributed by atoms with E-state index in [4.69, 9.17) is 9.94 Å². The number of rotatable bonds is 6. The number of hydrogen-bond donors (Lipinski definition) is 3. The Morgan fingerprint density at radius 1 is 1.53 bits per heavy atom. The second-order valence-corrected chi connectivity index (χ2v) is 4.61. The van der Waals surface area contributed by atoms with Gasteiger partial charge in [-0.15, -0.1) is 0 Å². The molecule has 0 unspecified atom stereocenters. The number of phenolic OH excluding ortho intramolecular Hbond substituents is 1. The molecule has 1 aromatic carbocycles. The van der Waals surface area contributed by atoms with Crippen molar-refractivity contribution >= 4 is 27.5 Å². The van der Waals surface area contributed by atoms with Crippen molar-refractivity contribution in [1.29, 1.82) is 0 Å². The summed E-state index contributed by atoms with van der Waals surface area (Å²) in [4.78, 5) is 11.7. The Morgan fingerprint density at radius 2 is 2.26 bits per heavy atom. The van der Waals surface area contributed by atoms with Gasteiger partial charge in [-0.25, -0.2) is 0 Å². The van der Waals surface area contributed by atoms with E-state index in [0.717, 1.165) is 5.56 Å². The molecule has 0 aliphatic carbocycles. The SMILES string of the molecule is COCCNC(=O)/C(Cc1ccc(O)c(Br)c1)=N/O. The zero-order valence-corrected chi connectivity index (χ0v) is 12.0. The normalized spacial score (nSPS) is 11.4. The minimum absolute atomic E-state index is 0.00584. The summed E-state index contributed by atoms with van der Waals surface area (Å²) in [6.07, 6.45) is 0.161. The van der Waals surface area contributed by atoms with Crippen molar-refractivity contribution in [1.82, 2.24) is 5.32 Å². The Bertz CT molecular complexity index is 477. The molecule has 104 valence electrons. The maximum absolute atomic E-state index is 11.7. The second kappa shape index (κ2) is 7.75. The number of methoxy groups -OCH3 is 1. The number of nitrogens with one attached hydrogen (secondary N) is 1. The number of nitrogens with zero attached hydrogens (tertiary/aromatic N) is 1. The van der Waals surface area contributed by atoms with Gasteiger partial charge in [0.25, 0.3) is 5.91 Å². The number of aromatic hydroxyl groups is 1. The fourth-order valence-electron chi connectivity index (χ4n) is 1.38. The fourth-order valence-corrected chi connectivity index (χ4v) is 1.81. The first-order valence-electron chi connectivity index (χ1n) is 5.54. The van der Waals surface area contributed by atoms with Gasteiger partial charge in [0.2, 0.25) is 0 Å². The first kappa shape index (κ1) is 15.5. The van der Waals surface area contributed by atoms with Crippen LogP contribution in [0.2, 0.25) is 0 Å². The van der Waals surface area contributed by atoms with Crippen LogP contribution in [0.15, 0.2) is 27.8 Å². The minimum atomic E-state index is -0.455. The molecule has 0 aliphatic rings. The van der Waals surface area contributed by atoms with Crippen molar-refractivity contribution in [3.05, 3.63) is 28.2 Å². The first-order chi connectivity index (χ1) is 9.08. The topological polar surface area (TPSA) is 91.2 Å². The van der Waals surface area contributed by atoms with Crippen LogP contribution in [0.5, 0.6) is 5.75 Å². The molecular formula is C12H15BrN2O4. The molecule has 0 fully saturated rings. The summed E-state index contributed by atoms with van der Waals surface area (Å²) in [6.45, 7) is 0.725. The van der Waals surface area contributed by atoms with Gasteiger partial charge in [0, 0.05) is 20.1 Å². The van der Waals surface area contributed by atoms with Gasteiger partial charge in [-0.05, 0) is 33.6 Å². The summed E-state index contributed by atoms with van der Waals surface area (Å²) in [5.41, 5.74) is 0.730. The molecule has 6 nitrogen and oxygen atoms in total. The van der Waals surface area contributed by atoms with Crippen LogP contribution in [0.4, 0.5) is 0 Å². The van der Waals surface area contributed by atoms with E-state index in [1.807, 2.05) is 0 Å². The summed E-state index contributed by atoms with van der Waals surface area (Å²) in [5, 5.41) is 23.8. The Morgan fingerprint density at radius 3 is 2.84 bits per heavy atom. The zero-order valence-electron chi connectivity index (χ0n) is 10.4. The molecule has 3 N–H and O–H groups in total. The van der Waals surface area contributed by atoms with E-state index < -0.39 is 5.91 Å². The van der Waals surface area contributed by atoms with Crippen molar-refractivity contribution in [2.45, 2.75) is 6.42 Å². The molecular weight excluding hydrogens is 316 g/mol. The minimum Gasteiger partial charge on any atom is -0.507 e. The van der Waals surface area contributed by atoms with Crippen molar-refractivity contribution in [3.8, 4) is 5.75 Å². The summed E-state index contributed by atoms with van der Waals surface area (Å²) >= 11 is 3.18. The molecule has 0 heterocycles. The smallest absolute Gasteiger partial charge is 0.269 e. The number of hydrogen-bond acceptors (Lipinski definition) is 5. The van der Waals surface area contributed by atoms with Crippen molar-refractivity contribution in [2.75, 3.05) is 20.3 Å². The highest BCUT2D eigenvalue weighted by molar-refractivity contribution is 9.10. The van der Waals surface area contributed by atoms with Crippen LogP contribution in [-0.2, 0) is 16.0 Å². The molecule has 0 saturated heterocycles. The van der Waals surface area contributed by atoms with Gasteiger partial charge >= 0.3 is 0 Å². The summed E-state index contributed by atoms with van der Waals surface area (Å²) < 4.78 is 5.32. The number of oxime groups is 1. The van der Waals surface area contributed by atoms with Gasteiger partial charge in [0.1, 0.15) is 11.5 Å². The highest BCUT2D eigenvalue weighted by atomic mass is 79.9. The third-order valence-electron chi connectivity index (χ3n) is 2.36. The van der Waals surface area contributed by atoms with Gasteiger partial charge in [-0.2, -0.15) is 0 Å². The average Bonchev–Trinajstić information content (AvgIpc) is 2.40. The maximum atomic E-state index is 11.7. The number of benzene rings is 1. The molecule has 0 spiro atoms. The van der Waals surface area contributed by atoms with Crippen LogP contribution in [0, 0.1) is 0 Å². The Balaban J connectivity index is 2.66. The third-order valence-corrected chi connectivity index (χ3v) is 2.99. The number of halogens is 1. The molecule has 0 bridgehead atoms. The number of ether oxygens (including phenoxy) is 1. The van der Waals surface area contributed by atoms with E-state index in [0.29, 0.717) is 17.6 Å². The quantitative estimate of drug-likeness (QED) is 0.317. The van der Waals surface area contributed by atoms with E-state index in [1.54, 1.807) is 12.1 Å². The molecule has 0 aliphatic heterocycles. The molecule has 1 amide bonds. The lowest BCUT2D eigenvalue weighted by Gasteiger charge is -2.07. The van der Waals surface area contributed by atoms with Crippen molar-refractivity contribution < 1.29 is 19.8 Å². The van der Waals surface area contributed by atoms with Crippen LogP contribution in [0.3, 0.4) is 0 Å². The van der Waals surface area contributed by atoms with Gasteiger partial charge in [-0.3, -0.25) is 4.79 Å². The number of carbonyl (C=O) groups excluding carboxylic acids is 1. The van der Waals surface area contributed by atoms with Crippen LogP contribution >= 0.6 is 15.9 Å². The van der Waals surface area contributed by atoms with Crippen molar-refractivity contribution in [3.63, 3.8) is 0 Å². The second-order valence-electron chi connectivity index (χ2n) is 3.76. The average molecular weight is 331 g/mol. The van der Waals surface area contributed by atoms with E-state index in [2.05, 4.69) is 26.4 Å². The standard InChI is InChI=1S/C12H15BrN2O4/c1-19-5-4-14-12(17)10(15-18)7-8-2-3-11(16)9(13)6-8/h2-3,6,16,18H,4-5,7H2,1H3,(H,14,17)/b15-10+. The van der Waals surface area contributed by atoms with E-state index in [-0.39, 0.29) is 17.9 Å². The molecule has 1 rings (SSSR count). The van der Waals surface area contributed by atoms with Crippen molar-refractivity contribution in [2.24, 2.45) is 5.16 Å². The largest absolute Gasteiger partial charge is 0.507 e. The molecule has 0 atom stereocenters. The van der Waals surface area contributed by atoms with Gasteiger partial charge in [0.15, 0.2) is 0 Å². The Labute approximate surface area is 119 Å². The van der Waals surface area contributed by atoms with Crippen LogP contribution in [0.25, 0.3) is 0 Å². The monoisotopic (exact) mass is 330 g/mol. The van der Waals surface area contributed by atoms with Crippen LogP contribution < -0.4 is 5.32 Å². The fraction of sp³-hybridized carbons (Fsp3) is 0.333. The van der Waals surface area contributed by atoms with Crippen LogP contribution in [0.1, 0.15) is 5.56 Å². The predicted molar refractivity (Wildman–Crippen MR) is 73.6 cm³/mol. The number of carbonyl (C=O) groups is 1. The van der Waals surface area contributed by atoms with E-state index in [1.165, 1.54) is 13.2 Å². The third kappa shape index (κ3) is 4.88. The highest BCUT2D eigenvalue weighted by Crippen LogP contribution is 2.24. The molecule has 0 aromatic heterocycles. The van der Waals surface area contributed by atoms with E-state index in [9.17, 15) is 9.90 Å². The molecule has 0 saturated carbocycles. The first-order valence-corrected chi connectivity index (χ1v) is 6.33. The molecule has 7 heteroatoms. The lowest BCUT2D eigenvalue weighted by atomic mass is 10.1. The zero-order chi connectivity index (χ0) is 14.3. The summed E-state index contributed by atoms with van der Waals surface area (Å²) in [6, 6.07) is 4.80. The molecule has 0 radical (unpaired) electrons. The Hall–Kier alpha value is -1.60. The maximum Gasteiger partial charge on any atom is 0.269 e. The van der Waals surface area contributed by atoms with E-state index >= 15 is 0 Å². The van der Waals surface area contributed by atoms with Gasteiger partial charge < -0.3 is 20.4 Å². The lowest BCUT2D eigenvalue weighted by Crippen LogP contribution is -2.34. The Kier molecular flexibility index (Phi) is 6.31. The summed E-state index contributed by atoms with van der Waals surface area (Å²) in [7, 11) is 1.53. The van der Waals surface area contributed by atoms with Gasteiger partial charge in [0.05, 0.1) is 11.1 Å². The molecule has 19 heavy (non-hydrogen) atoms. The number of amides is 1. The van der Waals surface area contributed by atoms with Crippen LogP contribution in [-0.4, -0.2) is 42.2 Å². The number of phenols is 1.